The fraction of sp³-hybridized carbons (Fsp3) is 0.400. The van der Waals surface area contributed by atoms with Gasteiger partial charge in [-0.15, -0.1) is 0 Å². The second kappa shape index (κ2) is 8.29. The maximum Gasteiger partial charge on any atom is 0.416 e. The van der Waals surface area contributed by atoms with E-state index < -0.39 is 29.9 Å². The molecule has 0 unspecified atom stereocenters. The lowest BCUT2D eigenvalue weighted by Crippen LogP contribution is -2.66. The van der Waals surface area contributed by atoms with E-state index in [1.165, 1.54) is 9.80 Å². The first kappa shape index (κ1) is 22.7. The highest BCUT2D eigenvalue weighted by Crippen LogP contribution is 2.54. The highest BCUT2D eigenvalue weighted by atomic mass is 35.5. The second-order valence-corrected chi connectivity index (χ2v) is 9.96. The van der Waals surface area contributed by atoms with E-state index in [2.05, 4.69) is 5.32 Å². The lowest BCUT2D eigenvalue weighted by atomic mass is 9.91. The minimum atomic E-state index is -1.66. The zero-order valence-electron chi connectivity index (χ0n) is 18.9. The molecule has 0 radical (unpaired) electrons. The smallest absolute Gasteiger partial charge is 0.416 e. The molecule has 2 N–H and O–H groups in total. The van der Waals surface area contributed by atoms with Crippen molar-refractivity contribution in [3.8, 4) is 0 Å². The van der Waals surface area contributed by atoms with Gasteiger partial charge >= 0.3 is 6.09 Å². The number of piperazine rings is 1. The molecule has 2 saturated heterocycles. The summed E-state index contributed by atoms with van der Waals surface area (Å²) in [5, 5.41) is 15.0. The quantitative estimate of drug-likeness (QED) is 0.696. The van der Waals surface area contributed by atoms with Crippen molar-refractivity contribution in [3.63, 3.8) is 0 Å². The van der Waals surface area contributed by atoms with E-state index in [0.717, 1.165) is 5.56 Å². The summed E-state index contributed by atoms with van der Waals surface area (Å²) >= 11 is 6.23. The van der Waals surface area contributed by atoms with Gasteiger partial charge in [0.05, 0.1) is 5.69 Å². The summed E-state index contributed by atoms with van der Waals surface area (Å²) in [6.45, 7) is 3.96. The molecule has 178 valence electrons. The molecule has 0 bridgehead atoms. The number of hydrogen-bond acceptors (Lipinski definition) is 5. The number of hydrogen-bond donors (Lipinski definition) is 2. The van der Waals surface area contributed by atoms with Gasteiger partial charge in [0.1, 0.15) is 30.5 Å². The molecule has 3 heterocycles. The van der Waals surface area contributed by atoms with Crippen molar-refractivity contribution in [2.75, 3.05) is 4.90 Å². The Hall–Kier alpha value is -3.10. The van der Waals surface area contributed by atoms with Crippen LogP contribution >= 0.6 is 11.6 Å². The Labute approximate surface area is 202 Å². The molecule has 3 aliphatic rings. The first-order valence-corrected chi connectivity index (χ1v) is 11.7. The molecule has 5 rings (SSSR count). The van der Waals surface area contributed by atoms with Crippen LogP contribution in [-0.2, 0) is 26.5 Å². The number of ether oxygens (including phenoxy) is 1. The molecule has 4 atom stereocenters. The third kappa shape index (κ3) is 3.52. The summed E-state index contributed by atoms with van der Waals surface area (Å²) in [4.78, 5) is 42.6. The zero-order valence-corrected chi connectivity index (χ0v) is 19.7. The molecule has 2 fully saturated rings. The van der Waals surface area contributed by atoms with Gasteiger partial charge in [0.15, 0.2) is 0 Å². The van der Waals surface area contributed by atoms with Crippen LogP contribution in [0.5, 0.6) is 0 Å². The van der Waals surface area contributed by atoms with Gasteiger partial charge in [-0.3, -0.25) is 14.5 Å². The number of nitrogens with zero attached hydrogens (tertiary/aromatic N) is 2. The zero-order chi connectivity index (χ0) is 24.2. The highest BCUT2D eigenvalue weighted by Gasteiger charge is 2.66. The number of amides is 3. The van der Waals surface area contributed by atoms with Crippen molar-refractivity contribution in [2.24, 2.45) is 5.92 Å². The number of fused-ring (bicyclic) bond motifs is 5. The summed E-state index contributed by atoms with van der Waals surface area (Å²) in [5.41, 5.74) is -0.0443. The van der Waals surface area contributed by atoms with E-state index >= 15 is 0 Å². The van der Waals surface area contributed by atoms with Gasteiger partial charge in [-0.2, -0.15) is 0 Å². The summed E-state index contributed by atoms with van der Waals surface area (Å²) in [7, 11) is 0. The Bertz CT molecular complexity index is 1160. The van der Waals surface area contributed by atoms with Crippen LogP contribution in [-0.4, -0.2) is 46.2 Å². The van der Waals surface area contributed by atoms with E-state index in [0.29, 0.717) is 22.7 Å². The Kier molecular flexibility index (Phi) is 5.53. The Morgan fingerprint density at radius 2 is 1.97 bits per heavy atom. The van der Waals surface area contributed by atoms with E-state index in [9.17, 15) is 19.5 Å². The van der Waals surface area contributed by atoms with Crippen molar-refractivity contribution >= 4 is 35.2 Å². The molecule has 0 spiro atoms. The summed E-state index contributed by atoms with van der Waals surface area (Å²) in [5.74, 6) is -0.493. The second-order valence-electron chi connectivity index (χ2n) is 9.53. The third-order valence-electron chi connectivity index (χ3n) is 6.74. The summed E-state index contributed by atoms with van der Waals surface area (Å²) < 4.78 is 5.59. The Morgan fingerprint density at radius 1 is 1.24 bits per heavy atom. The van der Waals surface area contributed by atoms with Gasteiger partial charge in [-0.1, -0.05) is 55.8 Å². The van der Waals surface area contributed by atoms with Gasteiger partial charge in [0, 0.05) is 17.0 Å². The molecular formula is C25H26ClN3O5. The molecule has 9 heteroatoms. The maximum atomic E-state index is 13.5. The minimum absolute atomic E-state index is 0.0259. The van der Waals surface area contributed by atoms with Crippen LogP contribution in [0.2, 0.25) is 5.02 Å². The average molecular weight is 484 g/mol. The van der Waals surface area contributed by atoms with Gasteiger partial charge < -0.3 is 20.1 Å². The normalized spacial score (nSPS) is 27.4. The predicted molar refractivity (Wildman–Crippen MR) is 125 cm³/mol. The average Bonchev–Trinajstić information content (AvgIpc) is 3.24. The largest absolute Gasteiger partial charge is 0.444 e. The van der Waals surface area contributed by atoms with Crippen LogP contribution in [0.3, 0.4) is 0 Å². The van der Waals surface area contributed by atoms with Crippen molar-refractivity contribution in [1.29, 1.82) is 0 Å². The predicted octanol–water partition coefficient (Wildman–Crippen LogP) is 3.16. The van der Waals surface area contributed by atoms with E-state index in [1.54, 1.807) is 18.2 Å². The standard InChI is InChI=1S/C25H26ClN3O5/c1-14(2)10-18-22(31)28-20(21(30)27-18)12-25(33)17-11-16(26)8-9-19(17)29(23(25)28)24(32)34-13-15-6-4-3-5-7-15/h3-9,11,14,18,20,23,33H,10,12-13H2,1-2H3,(H,27,30)/t18-,20+,23+,25+/m1/s1. The first-order chi connectivity index (χ1) is 16.2. The van der Waals surface area contributed by atoms with E-state index in [4.69, 9.17) is 16.3 Å². The van der Waals surface area contributed by atoms with Crippen molar-refractivity contribution < 1.29 is 24.2 Å². The van der Waals surface area contributed by atoms with Gasteiger partial charge in [-0.05, 0) is 36.1 Å². The van der Waals surface area contributed by atoms with Crippen molar-refractivity contribution in [3.05, 3.63) is 64.7 Å². The van der Waals surface area contributed by atoms with Crippen LogP contribution in [0.15, 0.2) is 48.5 Å². The number of halogens is 1. The molecule has 34 heavy (non-hydrogen) atoms. The number of carbonyl (C=O) groups is 3. The minimum Gasteiger partial charge on any atom is -0.444 e. The van der Waals surface area contributed by atoms with Gasteiger partial charge in [0.2, 0.25) is 11.8 Å². The van der Waals surface area contributed by atoms with Gasteiger partial charge in [-0.25, -0.2) is 4.79 Å². The third-order valence-corrected chi connectivity index (χ3v) is 6.98. The fourth-order valence-electron chi connectivity index (χ4n) is 5.30. The first-order valence-electron chi connectivity index (χ1n) is 11.4. The molecule has 0 aliphatic carbocycles. The van der Waals surface area contributed by atoms with Crippen LogP contribution < -0.4 is 10.2 Å². The van der Waals surface area contributed by atoms with Crippen molar-refractivity contribution in [1.82, 2.24) is 10.2 Å². The van der Waals surface area contributed by atoms with Crippen LogP contribution in [0, 0.1) is 5.92 Å². The molecule has 0 aromatic heterocycles. The molecular weight excluding hydrogens is 458 g/mol. The number of nitrogens with one attached hydrogen (secondary N) is 1. The SMILES string of the molecule is CC(C)C[C@H]1NC(=O)[C@@H]2C[C@]3(O)c4cc(Cl)ccc4N(C(=O)OCc4ccccc4)[C@@H]3N2C1=O. The van der Waals surface area contributed by atoms with E-state index in [1.807, 2.05) is 44.2 Å². The van der Waals surface area contributed by atoms with Crippen LogP contribution in [0.1, 0.15) is 37.8 Å². The molecule has 8 nitrogen and oxygen atoms in total. The Morgan fingerprint density at radius 3 is 2.68 bits per heavy atom. The molecule has 3 aliphatic heterocycles. The number of anilines is 1. The maximum absolute atomic E-state index is 13.5. The fourth-order valence-corrected chi connectivity index (χ4v) is 5.48. The molecule has 3 amide bonds. The van der Waals surface area contributed by atoms with Crippen LogP contribution in [0.25, 0.3) is 0 Å². The van der Waals surface area contributed by atoms with Crippen LogP contribution in [0.4, 0.5) is 10.5 Å². The lowest BCUT2D eigenvalue weighted by molar-refractivity contribution is -0.150. The van der Waals surface area contributed by atoms with Gasteiger partial charge in [0.25, 0.3) is 0 Å². The lowest BCUT2D eigenvalue weighted by Gasteiger charge is -2.40. The number of rotatable bonds is 4. The summed E-state index contributed by atoms with van der Waals surface area (Å²) in [6, 6.07) is 12.4. The molecule has 2 aromatic rings. The van der Waals surface area contributed by atoms with E-state index in [-0.39, 0.29) is 30.8 Å². The number of aliphatic hydroxyl groups is 1. The number of carbonyl (C=O) groups excluding carboxylic acids is 3. The van der Waals surface area contributed by atoms with Crippen molar-refractivity contribution in [2.45, 2.75) is 57.1 Å². The molecule has 2 aromatic carbocycles. The molecule has 0 saturated carbocycles. The monoisotopic (exact) mass is 483 g/mol. The highest BCUT2D eigenvalue weighted by molar-refractivity contribution is 6.30. The summed E-state index contributed by atoms with van der Waals surface area (Å²) in [6.07, 6.45) is -1.41. The number of benzene rings is 2. The Balaban J connectivity index is 1.54. The topological polar surface area (TPSA) is 99.2 Å².